The van der Waals surface area contributed by atoms with Crippen LogP contribution < -0.4 is 10.9 Å². The number of anilines is 2. The number of rotatable bonds is 7. The van der Waals surface area contributed by atoms with Crippen molar-refractivity contribution in [3.05, 3.63) is 54.1 Å². The molecule has 0 fully saturated rings. The van der Waals surface area contributed by atoms with E-state index < -0.39 is 0 Å². The van der Waals surface area contributed by atoms with E-state index in [1.807, 2.05) is 36.0 Å². The van der Waals surface area contributed by atoms with E-state index in [2.05, 4.69) is 36.8 Å². The minimum Gasteiger partial charge on any atom is -0.462 e. The lowest BCUT2D eigenvalue weighted by atomic mass is 10.2. The topological polar surface area (TPSA) is 50.4 Å². The molecule has 2 aromatic carbocycles. The molecule has 2 rings (SSSR count). The molecule has 122 valence electrons. The van der Waals surface area contributed by atoms with Crippen molar-refractivity contribution in [3.63, 3.8) is 0 Å². The highest BCUT2D eigenvalue weighted by Crippen LogP contribution is 2.24. The van der Waals surface area contributed by atoms with E-state index in [9.17, 15) is 4.79 Å². The largest absolute Gasteiger partial charge is 0.462 e. The first-order valence-electron chi connectivity index (χ1n) is 7.64. The fraction of sp³-hybridized carbons (Fsp3) is 0.278. The summed E-state index contributed by atoms with van der Waals surface area (Å²) >= 11 is 1.84. The van der Waals surface area contributed by atoms with Gasteiger partial charge in [0.25, 0.3) is 0 Å². The van der Waals surface area contributed by atoms with Crippen molar-refractivity contribution in [2.75, 3.05) is 17.5 Å². The average molecular weight is 330 g/mol. The number of carbonyl (C=O) groups is 1. The number of ether oxygens (including phenoxy) is 1. The average Bonchev–Trinajstić information content (AvgIpc) is 2.54. The Morgan fingerprint density at radius 2 is 1.52 bits per heavy atom. The standard InChI is InChI=1S/C18H22N2O2S/c1-4-22-18(21)14-5-7-15(8-6-14)19-20-16-9-11-17(12-10-16)23-13(2)3/h5-13,19-20H,4H2,1-3H3. The van der Waals surface area contributed by atoms with Gasteiger partial charge in [0.2, 0.25) is 0 Å². The third-order valence-electron chi connectivity index (χ3n) is 2.97. The van der Waals surface area contributed by atoms with Crippen LogP contribution in [-0.2, 0) is 4.74 Å². The van der Waals surface area contributed by atoms with Gasteiger partial charge in [-0.15, -0.1) is 11.8 Å². The van der Waals surface area contributed by atoms with Gasteiger partial charge in [-0.25, -0.2) is 4.79 Å². The van der Waals surface area contributed by atoms with Crippen LogP contribution in [0.25, 0.3) is 0 Å². The highest BCUT2D eigenvalue weighted by Gasteiger charge is 2.05. The molecule has 0 unspecified atom stereocenters. The molecule has 0 heterocycles. The van der Waals surface area contributed by atoms with Crippen LogP contribution in [0.1, 0.15) is 31.1 Å². The van der Waals surface area contributed by atoms with Gasteiger partial charge in [0, 0.05) is 10.1 Å². The van der Waals surface area contributed by atoms with Crippen LogP contribution >= 0.6 is 11.8 Å². The van der Waals surface area contributed by atoms with Gasteiger partial charge >= 0.3 is 5.97 Å². The number of hydrogen-bond donors (Lipinski definition) is 2. The molecule has 0 bridgehead atoms. The molecular weight excluding hydrogens is 308 g/mol. The van der Waals surface area contributed by atoms with Crippen molar-refractivity contribution in [2.24, 2.45) is 0 Å². The van der Waals surface area contributed by atoms with Gasteiger partial charge in [-0.3, -0.25) is 0 Å². The molecule has 0 aromatic heterocycles. The Balaban J connectivity index is 1.89. The summed E-state index contributed by atoms with van der Waals surface area (Å²) in [5, 5.41) is 0.574. The zero-order valence-corrected chi connectivity index (χ0v) is 14.4. The molecule has 0 spiro atoms. The van der Waals surface area contributed by atoms with E-state index >= 15 is 0 Å². The van der Waals surface area contributed by atoms with E-state index in [1.165, 1.54) is 4.90 Å². The lowest BCUT2D eigenvalue weighted by molar-refractivity contribution is 0.0526. The van der Waals surface area contributed by atoms with Crippen LogP contribution in [0.2, 0.25) is 0 Å². The van der Waals surface area contributed by atoms with Crippen molar-refractivity contribution in [1.29, 1.82) is 0 Å². The maximum absolute atomic E-state index is 11.6. The molecule has 2 aromatic rings. The fourth-order valence-electron chi connectivity index (χ4n) is 1.94. The monoisotopic (exact) mass is 330 g/mol. The molecule has 23 heavy (non-hydrogen) atoms. The summed E-state index contributed by atoms with van der Waals surface area (Å²) in [7, 11) is 0. The van der Waals surface area contributed by atoms with Crippen LogP contribution in [0.4, 0.5) is 11.4 Å². The number of nitrogens with one attached hydrogen (secondary N) is 2. The Labute approximate surface area is 141 Å². The third kappa shape index (κ3) is 5.53. The van der Waals surface area contributed by atoms with Gasteiger partial charge in [0.1, 0.15) is 0 Å². The van der Waals surface area contributed by atoms with Gasteiger partial charge in [0.05, 0.1) is 23.5 Å². The van der Waals surface area contributed by atoms with Gasteiger partial charge in [-0.2, -0.15) is 0 Å². The van der Waals surface area contributed by atoms with Crippen molar-refractivity contribution >= 4 is 29.1 Å². The summed E-state index contributed by atoms with van der Waals surface area (Å²) in [6.45, 7) is 6.53. The SMILES string of the molecule is CCOC(=O)c1ccc(NNc2ccc(SC(C)C)cc2)cc1. The lowest BCUT2D eigenvalue weighted by Gasteiger charge is -2.11. The predicted octanol–water partition coefficient (Wildman–Crippen LogP) is 4.80. The number of hydrogen-bond acceptors (Lipinski definition) is 5. The molecule has 0 aliphatic carbocycles. The minimum atomic E-state index is -0.301. The molecule has 0 saturated carbocycles. The zero-order valence-electron chi connectivity index (χ0n) is 13.6. The van der Waals surface area contributed by atoms with Gasteiger partial charge in [-0.05, 0) is 55.5 Å². The molecular formula is C18H22N2O2S. The van der Waals surface area contributed by atoms with E-state index in [0.717, 1.165) is 11.4 Å². The molecule has 0 aliphatic rings. The molecule has 0 amide bonds. The second-order valence-electron chi connectivity index (χ2n) is 5.24. The molecule has 0 atom stereocenters. The smallest absolute Gasteiger partial charge is 0.338 e. The minimum absolute atomic E-state index is 0.301. The molecule has 0 aliphatic heterocycles. The van der Waals surface area contributed by atoms with E-state index in [0.29, 0.717) is 17.4 Å². The number of thioether (sulfide) groups is 1. The Bertz CT molecular complexity index is 624. The Morgan fingerprint density at radius 1 is 1.00 bits per heavy atom. The summed E-state index contributed by atoms with van der Waals surface area (Å²) < 4.78 is 4.96. The van der Waals surface area contributed by atoms with Crippen molar-refractivity contribution in [2.45, 2.75) is 30.9 Å². The number of hydrazine groups is 1. The number of carbonyl (C=O) groups excluding carboxylic acids is 1. The first-order chi connectivity index (χ1) is 11.1. The predicted molar refractivity (Wildman–Crippen MR) is 97.1 cm³/mol. The first-order valence-corrected chi connectivity index (χ1v) is 8.52. The molecule has 2 N–H and O–H groups in total. The van der Waals surface area contributed by atoms with Crippen LogP contribution in [0.15, 0.2) is 53.4 Å². The molecule has 0 saturated heterocycles. The zero-order chi connectivity index (χ0) is 16.7. The van der Waals surface area contributed by atoms with Crippen molar-refractivity contribution < 1.29 is 9.53 Å². The van der Waals surface area contributed by atoms with Crippen LogP contribution in [0.3, 0.4) is 0 Å². The first kappa shape index (κ1) is 17.2. The van der Waals surface area contributed by atoms with Gasteiger partial charge in [0.15, 0.2) is 0 Å². The van der Waals surface area contributed by atoms with Crippen LogP contribution in [0.5, 0.6) is 0 Å². The van der Waals surface area contributed by atoms with Gasteiger partial charge < -0.3 is 15.6 Å². The Morgan fingerprint density at radius 3 is 2.00 bits per heavy atom. The van der Waals surface area contributed by atoms with E-state index in [4.69, 9.17) is 4.74 Å². The maximum atomic E-state index is 11.6. The fourth-order valence-corrected chi connectivity index (χ4v) is 2.77. The number of benzene rings is 2. The maximum Gasteiger partial charge on any atom is 0.338 e. The molecule has 0 radical (unpaired) electrons. The number of esters is 1. The molecule has 4 nitrogen and oxygen atoms in total. The Kier molecular flexibility index (Phi) is 6.35. The van der Waals surface area contributed by atoms with Crippen molar-refractivity contribution in [3.8, 4) is 0 Å². The second-order valence-corrected chi connectivity index (χ2v) is 6.89. The highest BCUT2D eigenvalue weighted by molar-refractivity contribution is 7.99. The van der Waals surface area contributed by atoms with Crippen LogP contribution in [-0.4, -0.2) is 17.8 Å². The summed E-state index contributed by atoms with van der Waals surface area (Å²) in [4.78, 5) is 12.8. The summed E-state index contributed by atoms with van der Waals surface area (Å²) in [6.07, 6.45) is 0. The normalized spacial score (nSPS) is 10.4. The lowest BCUT2D eigenvalue weighted by Crippen LogP contribution is -2.09. The summed E-state index contributed by atoms with van der Waals surface area (Å²) in [5.74, 6) is -0.301. The summed E-state index contributed by atoms with van der Waals surface area (Å²) in [5.41, 5.74) is 8.65. The second kappa shape index (κ2) is 8.48. The Hall–Kier alpha value is -2.14. The van der Waals surface area contributed by atoms with Gasteiger partial charge in [-0.1, -0.05) is 13.8 Å². The van der Waals surface area contributed by atoms with E-state index in [1.54, 1.807) is 19.1 Å². The van der Waals surface area contributed by atoms with Crippen LogP contribution in [0, 0.1) is 0 Å². The third-order valence-corrected chi connectivity index (χ3v) is 3.99. The summed E-state index contributed by atoms with van der Waals surface area (Å²) in [6, 6.07) is 15.4. The quantitative estimate of drug-likeness (QED) is 0.434. The van der Waals surface area contributed by atoms with E-state index in [-0.39, 0.29) is 5.97 Å². The van der Waals surface area contributed by atoms with Crippen molar-refractivity contribution in [1.82, 2.24) is 0 Å². The highest BCUT2D eigenvalue weighted by atomic mass is 32.2. The molecule has 5 heteroatoms.